The van der Waals surface area contributed by atoms with Crippen LogP contribution in [0, 0.1) is 0 Å². The molecule has 0 atom stereocenters. The van der Waals surface area contributed by atoms with Gasteiger partial charge in [-0.05, 0) is 12.8 Å². The average molecular weight is 223 g/mol. The van der Waals surface area contributed by atoms with Gasteiger partial charge in [0.25, 0.3) is 0 Å². The van der Waals surface area contributed by atoms with Gasteiger partial charge in [-0.3, -0.25) is 4.98 Å². The highest BCUT2D eigenvalue weighted by Crippen LogP contribution is 2.31. The lowest BCUT2D eigenvalue weighted by molar-refractivity contribution is 0.886. The lowest BCUT2D eigenvalue weighted by atomic mass is 10.4. The van der Waals surface area contributed by atoms with Gasteiger partial charge in [-0.25, -0.2) is 4.98 Å². The molecule has 1 aromatic rings. The molecule has 0 aliphatic heterocycles. The normalized spacial score (nSPS) is 16.9. The lowest BCUT2D eigenvalue weighted by Gasteiger charge is -2.07. The van der Waals surface area contributed by atoms with Gasteiger partial charge in [0.05, 0.1) is 18.1 Å². The molecule has 1 aromatic heterocycles. The van der Waals surface area contributed by atoms with Gasteiger partial charge in [0.1, 0.15) is 5.82 Å². The SMILES string of the molecule is CNc1cnc(CSC2CCCC2)cn1. The Balaban J connectivity index is 1.82. The summed E-state index contributed by atoms with van der Waals surface area (Å²) in [5, 5.41) is 3.83. The van der Waals surface area contributed by atoms with Crippen LogP contribution in [0.2, 0.25) is 0 Å². The van der Waals surface area contributed by atoms with E-state index in [1.54, 1.807) is 6.20 Å². The number of aromatic nitrogens is 2. The second-order valence-electron chi connectivity index (χ2n) is 3.86. The quantitative estimate of drug-likeness (QED) is 0.851. The number of thioether (sulfide) groups is 1. The zero-order valence-electron chi connectivity index (χ0n) is 9.07. The van der Waals surface area contributed by atoms with Crippen LogP contribution in [0.3, 0.4) is 0 Å². The van der Waals surface area contributed by atoms with Crippen LogP contribution < -0.4 is 5.32 Å². The third-order valence-electron chi connectivity index (χ3n) is 2.73. The van der Waals surface area contributed by atoms with E-state index in [0.717, 1.165) is 22.5 Å². The van der Waals surface area contributed by atoms with Crippen molar-refractivity contribution < 1.29 is 0 Å². The minimum absolute atomic E-state index is 0.838. The molecular weight excluding hydrogens is 206 g/mol. The van der Waals surface area contributed by atoms with Gasteiger partial charge in [-0.2, -0.15) is 11.8 Å². The summed E-state index contributed by atoms with van der Waals surface area (Å²) in [5.74, 6) is 1.84. The van der Waals surface area contributed by atoms with Gasteiger partial charge in [0.2, 0.25) is 0 Å². The van der Waals surface area contributed by atoms with E-state index in [4.69, 9.17) is 0 Å². The Labute approximate surface area is 95.1 Å². The van der Waals surface area contributed by atoms with E-state index in [-0.39, 0.29) is 0 Å². The highest BCUT2D eigenvalue weighted by Gasteiger charge is 2.15. The lowest BCUT2D eigenvalue weighted by Crippen LogP contribution is -1.98. The molecule has 0 bridgehead atoms. The second-order valence-corrected chi connectivity index (χ2v) is 5.15. The molecule has 15 heavy (non-hydrogen) atoms. The standard InChI is InChI=1S/C11H17N3S/c1-12-11-7-13-9(6-14-11)8-15-10-4-2-3-5-10/h6-7,10H,2-5,8H2,1H3,(H,12,14). The Morgan fingerprint density at radius 2 is 2.13 bits per heavy atom. The maximum absolute atomic E-state index is 4.36. The van der Waals surface area contributed by atoms with Gasteiger partial charge < -0.3 is 5.32 Å². The van der Waals surface area contributed by atoms with Crippen LogP contribution in [0.15, 0.2) is 12.4 Å². The van der Waals surface area contributed by atoms with Crippen molar-refractivity contribution >= 4 is 17.6 Å². The molecule has 3 nitrogen and oxygen atoms in total. The van der Waals surface area contributed by atoms with Crippen molar-refractivity contribution in [1.29, 1.82) is 0 Å². The average Bonchev–Trinajstić information content (AvgIpc) is 2.80. The number of anilines is 1. The molecule has 0 saturated heterocycles. The Kier molecular flexibility index (Phi) is 3.83. The summed E-state index contributed by atoms with van der Waals surface area (Å²) in [6, 6.07) is 0. The molecule has 0 radical (unpaired) electrons. The number of nitrogens with one attached hydrogen (secondary N) is 1. The predicted molar refractivity (Wildman–Crippen MR) is 65.1 cm³/mol. The predicted octanol–water partition coefficient (Wildman–Crippen LogP) is 2.69. The Morgan fingerprint density at radius 3 is 2.73 bits per heavy atom. The molecule has 1 fully saturated rings. The van der Waals surface area contributed by atoms with Crippen molar-refractivity contribution in [3.8, 4) is 0 Å². The number of hydrogen-bond donors (Lipinski definition) is 1. The van der Waals surface area contributed by atoms with Gasteiger partial charge in [-0.1, -0.05) is 12.8 Å². The summed E-state index contributed by atoms with van der Waals surface area (Å²) in [6.07, 6.45) is 9.24. The minimum atomic E-state index is 0.838. The van der Waals surface area contributed by atoms with Crippen LogP contribution in [0.1, 0.15) is 31.4 Å². The smallest absolute Gasteiger partial charge is 0.144 e. The van der Waals surface area contributed by atoms with Crippen molar-refractivity contribution in [2.45, 2.75) is 36.7 Å². The fraction of sp³-hybridized carbons (Fsp3) is 0.636. The maximum Gasteiger partial charge on any atom is 0.144 e. The molecule has 1 heterocycles. The van der Waals surface area contributed by atoms with Crippen LogP contribution in [-0.4, -0.2) is 22.3 Å². The monoisotopic (exact) mass is 223 g/mol. The van der Waals surface area contributed by atoms with E-state index in [0.29, 0.717) is 0 Å². The Morgan fingerprint density at radius 1 is 1.33 bits per heavy atom. The van der Waals surface area contributed by atoms with Crippen molar-refractivity contribution in [3.05, 3.63) is 18.1 Å². The van der Waals surface area contributed by atoms with Crippen molar-refractivity contribution in [1.82, 2.24) is 9.97 Å². The molecule has 82 valence electrons. The van der Waals surface area contributed by atoms with E-state index >= 15 is 0 Å². The van der Waals surface area contributed by atoms with Crippen LogP contribution in [-0.2, 0) is 5.75 Å². The van der Waals surface area contributed by atoms with Gasteiger partial charge in [0, 0.05) is 18.1 Å². The summed E-state index contributed by atoms with van der Waals surface area (Å²) >= 11 is 2.03. The molecule has 0 spiro atoms. The van der Waals surface area contributed by atoms with Crippen molar-refractivity contribution in [2.24, 2.45) is 0 Å². The van der Waals surface area contributed by atoms with Gasteiger partial charge >= 0.3 is 0 Å². The minimum Gasteiger partial charge on any atom is -0.372 e. The van der Waals surface area contributed by atoms with E-state index in [9.17, 15) is 0 Å². The number of nitrogens with zero attached hydrogens (tertiary/aromatic N) is 2. The molecule has 1 N–H and O–H groups in total. The Hall–Kier alpha value is -0.770. The summed E-state index contributed by atoms with van der Waals surface area (Å²) < 4.78 is 0. The zero-order valence-corrected chi connectivity index (χ0v) is 9.89. The molecular formula is C11H17N3S. The number of rotatable bonds is 4. The second kappa shape index (κ2) is 5.35. The maximum atomic E-state index is 4.36. The molecule has 1 aliphatic rings. The molecule has 0 aromatic carbocycles. The largest absolute Gasteiger partial charge is 0.372 e. The zero-order chi connectivity index (χ0) is 10.5. The van der Waals surface area contributed by atoms with E-state index < -0.39 is 0 Å². The molecule has 4 heteroatoms. The summed E-state index contributed by atoms with van der Waals surface area (Å²) in [6.45, 7) is 0. The molecule has 2 rings (SSSR count). The Bertz CT molecular complexity index is 293. The van der Waals surface area contributed by atoms with Crippen LogP contribution in [0.25, 0.3) is 0 Å². The first kappa shape index (κ1) is 10.7. The first-order chi connectivity index (χ1) is 7.38. The third-order valence-corrected chi connectivity index (χ3v) is 4.14. The van der Waals surface area contributed by atoms with Gasteiger partial charge in [0.15, 0.2) is 0 Å². The topological polar surface area (TPSA) is 37.8 Å². The van der Waals surface area contributed by atoms with E-state index in [1.807, 2.05) is 25.0 Å². The number of hydrogen-bond acceptors (Lipinski definition) is 4. The molecule has 0 amide bonds. The fourth-order valence-electron chi connectivity index (χ4n) is 1.82. The highest BCUT2D eigenvalue weighted by molar-refractivity contribution is 7.99. The van der Waals surface area contributed by atoms with Crippen LogP contribution in [0.4, 0.5) is 5.82 Å². The van der Waals surface area contributed by atoms with Crippen molar-refractivity contribution in [2.75, 3.05) is 12.4 Å². The van der Waals surface area contributed by atoms with E-state index in [2.05, 4.69) is 15.3 Å². The molecule has 1 saturated carbocycles. The molecule has 0 unspecified atom stereocenters. The van der Waals surface area contributed by atoms with Crippen molar-refractivity contribution in [3.63, 3.8) is 0 Å². The summed E-state index contributed by atoms with van der Waals surface area (Å²) in [7, 11) is 1.86. The first-order valence-electron chi connectivity index (χ1n) is 5.49. The highest BCUT2D eigenvalue weighted by atomic mass is 32.2. The van der Waals surface area contributed by atoms with E-state index in [1.165, 1.54) is 25.7 Å². The fourth-order valence-corrected chi connectivity index (χ4v) is 3.04. The van der Waals surface area contributed by atoms with Gasteiger partial charge in [-0.15, -0.1) is 0 Å². The first-order valence-corrected chi connectivity index (χ1v) is 6.53. The summed E-state index contributed by atoms with van der Waals surface area (Å²) in [4.78, 5) is 8.62. The third kappa shape index (κ3) is 3.09. The van der Waals surface area contributed by atoms with Crippen LogP contribution >= 0.6 is 11.8 Å². The summed E-state index contributed by atoms with van der Waals surface area (Å²) in [5.41, 5.74) is 1.09. The molecule has 1 aliphatic carbocycles. The van der Waals surface area contributed by atoms with Crippen LogP contribution in [0.5, 0.6) is 0 Å².